The number of nitrogens with zero attached hydrogens (tertiary/aromatic N) is 3. The van der Waals surface area contributed by atoms with Crippen molar-refractivity contribution < 1.29 is 0 Å². The maximum atomic E-state index is 5.98. The Kier molecular flexibility index (Phi) is 3.33. The third-order valence-corrected chi connectivity index (χ3v) is 3.40. The number of piperidine rings is 1. The summed E-state index contributed by atoms with van der Waals surface area (Å²) in [6, 6.07) is 2.41. The monoisotopic (exact) mass is 239 g/mol. The van der Waals surface area contributed by atoms with Crippen LogP contribution in [-0.4, -0.2) is 22.6 Å². The molecule has 0 bridgehead atoms. The van der Waals surface area contributed by atoms with Gasteiger partial charge in [-0.25, -0.2) is 9.97 Å². The molecule has 0 N–H and O–H groups in total. The summed E-state index contributed by atoms with van der Waals surface area (Å²) in [5.74, 6) is 2.44. The second kappa shape index (κ2) is 4.58. The predicted octanol–water partition coefficient (Wildman–Crippen LogP) is 3.06. The minimum absolute atomic E-state index is 0.535. The highest BCUT2D eigenvalue weighted by molar-refractivity contribution is 6.29. The molecule has 1 aliphatic rings. The van der Waals surface area contributed by atoms with E-state index in [1.54, 1.807) is 0 Å². The second-order valence-electron chi connectivity index (χ2n) is 4.78. The van der Waals surface area contributed by atoms with E-state index in [-0.39, 0.29) is 0 Å². The standard InChI is InChI=1S/C12H18ClN3/c1-8-4-5-9(2)16(7-8)12-6-11(13)14-10(3)15-12/h6,8-9H,4-5,7H2,1-3H3. The molecule has 2 unspecified atom stereocenters. The van der Waals surface area contributed by atoms with Crippen LogP contribution in [0.4, 0.5) is 5.82 Å². The first-order chi connectivity index (χ1) is 7.56. The molecule has 1 aliphatic heterocycles. The van der Waals surface area contributed by atoms with Crippen LogP contribution in [-0.2, 0) is 0 Å². The molecular formula is C12H18ClN3. The summed E-state index contributed by atoms with van der Waals surface area (Å²) in [6.07, 6.45) is 2.53. The van der Waals surface area contributed by atoms with Gasteiger partial charge in [0.25, 0.3) is 0 Å². The average molecular weight is 240 g/mol. The Labute approximate surface area is 102 Å². The number of hydrogen-bond acceptors (Lipinski definition) is 3. The summed E-state index contributed by atoms with van der Waals surface area (Å²) in [5, 5.41) is 0.535. The summed E-state index contributed by atoms with van der Waals surface area (Å²) in [5.41, 5.74) is 0. The van der Waals surface area contributed by atoms with Crippen LogP contribution in [0.25, 0.3) is 0 Å². The highest BCUT2D eigenvalue weighted by atomic mass is 35.5. The number of aromatic nitrogens is 2. The molecule has 88 valence electrons. The van der Waals surface area contributed by atoms with Crippen LogP contribution in [0.3, 0.4) is 0 Å². The number of aryl methyl sites for hydroxylation is 1. The number of hydrogen-bond donors (Lipinski definition) is 0. The normalized spacial score (nSPS) is 25.9. The highest BCUT2D eigenvalue weighted by Crippen LogP contribution is 2.27. The Balaban J connectivity index is 2.27. The van der Waals surface area contributed by atoms with Crippen LogP contribution in [0.15, 0.2) is 6.07 Å². The number of anilines is 1. The molecule has 1 aromatic heterocycles. The van der Waals surface area contributed by atoms with Crippen LogP contribution < -0.4 is 4.90 Å². The van der Waals surface area contributed by atoms with Gasteiger partial charge in [0.1, 0.15) is 16.8 Å². The van der Waals surface area contributed by atoms with E-state index in [9.17, 15) is 0 Å². The van der Waals surface area contributed by atoms with E-state index in [2.05, 4.69) is 28.7 Å². The lowest BCUT2D eigenvalue weighted by molar-refractivity contribution is 0.388. The Morgan fingerprint density at radius 3 is 2.75 bits per heavy atom. The molecule has 1 aromatic rings. The molecule has 0 radical (unpaired) electrons. The van der Waals surface area contributed by atoms with Crippen LogP contribution in [0.1, 0.15) is 32.5 Å². The Hall–Kier alpha value is -0.830. The van der Waals surface area contributed by atoms with E-state index in [4.69, 9.17) is 11.6 Å². The zero-order valence-corrected chi connectivity index (χ0v) is 10.8. The molecule has 2 rings (SSSR count). The summed E-state index contributed by atoms with van der Waals surface area (Å²) >= 11 is 5.98. The van der Waals surface area contributed by atoms with Gasteiger partial charge in [0, 0.05) is 18.7 Å². The van der Waals surface area contributed by atoms with Gasteiger partial charge in [-0.15, -0.1) is 0 Å². The zero-order valence-electron chi connectivity index (χ0n) is 10.1. The molecule has 0 amide bonds. The van der Waals surface area contributed by atoms with Gasteiger partial charge >= 0.3 is 0 Å². The number of rotatable bonds is 1. The Morgan fingerprint density at radius 2 is 2.06 bits per heavy atom. The fourth-order valence-electron chi connectivity index (χ4n) is 2.27. The topological polar surface area (TPSA) is 29.0 Å². The van der Waals surface area contributed by atoms with E-state index in [0.29, 0.717) is 11.2 Å². The van der Waals surface area contributed by atoms with Gasteiger partial charge in [0.15, 0.2) is 0 Å². The maximum Gasteiger partial charge on any atom is 0.134 e. The van der Waals surface area contributed by atoms with Crippen molar-refractivity contribution in [2.24, 2.45) is 5.92 Å². The van der Waals surface area contributed by atoms with Crippen molar-refractivity contribution in [3.63, 3.8) is 0 Å². The van der Waals surface area contributed by atoms with Crippen molar-refractivity contribution in [3.05, 3.63) is 17.0 Å². The van der Waals surface area contributed by atoms with Crippen molar-refractivity contribution in [2.45, 2.75) is 39.7 Å². The largest absolute Gasteiger partial charge is 0.353 e. The molecular weight excluding hydrogens is 222 g/mol. The zero-order chi connectivity index (χ0) is 11.7. The lowest BCUT2D eigenvalue weighted by Gasteiger charge is -2.37. The van der Waals surface area contributed by atoms with Gasteiger partial charge in [-0.2, -0.15) is 0 Å². The van der Waals surface area contributed by atoms with E-state index in [1.165, 1.54) is 12.8 Å². The van der Waals surface area contributed by atoms with Gasteiger partial charge in [-0.1, -0.05) is 18.5 Å². The third-order valence-electron chi connectivity index (χ3n) is 3.21. The van der Waals surface area contributed by atoms with Crippen LogP contribution in [0, 0.1) is 12.8 Å². The summed E-state index contributed by atoms with van der Waals surface area (Å²) in [4.78, 5) is 10.9. The lowest BCUT2D eigenvalue weighted by Crippen LogP contribution is -2.41. The molecule has 4 heteroatoms. The minimum atomic E-state index is 0.535. The SMILES string of the molecule is Cc1nc(Cl)cc(N2CC(C)CCC2C)n1. The van der Waals surface area contributed by atoms with Crippen LogP contribution in [0.5, 0.6) is 0 Å². The van der Waals surface area contributed by atoms with E-state index in [1.807, 2.05) is 13.0 Å². The Bertz CT molecular complexity index is 360. The molecule has 1 fully saturated rings. The summed E-state index contributed by atoms with van der Waals surface area (Å²) in [7, 11) is 0. The molecule has 3 nitrogen and oxygen atoms in total. The predicted molar refractivity (Wildman–Crippen MR) is 67.0 cm³/mol. The molecule has 2 heterocycles. The average Bonchev–Trinajstić information content (AvgIpc) is 2.20. The third kappa shape index (κ3) is 2.46. The number of halogens is 1. The first kappa shape index (κ1) is 11.6. The summed E-state index contributed by atoms with van der Waals surface area (Å²) in [6.45, 7) is 7.48. The van der Waals surface area contributed by atoms with Crippen molar-refractivity contribution in [2.75, 3.05) is 11.4 Å². The summed E-state index contributed by atoms with van der Waals surface area (Å²) < 4.78 is 0. The quantitative estimate of drug-likeness (QED) is 0.706. The van der Waals surface area contributed by atoms with Gasteiger partial charge in [0.05, 0.1) is 0 Å². The molecule has 1 saturated heterocycles. The second-order valence-corrected chi connectivity index (χ2v) is 5.17. The highest BCUT2D eigenvalue weighted by Gasteiger charge is 2.24. The fourth-order valence-corrected chi connectivity index (χ4v) is 2.49. The van der Waals surface area contributed by atoms with Crippen molar-refractivity contribution >= 4 is 17.4 Å². The van der Waals surface area contributed by atoms with E-state index in [0.717, 1.165) is 24.1 Å². The molecule has 0 aliphatic carbocycles. The van der Waals surface area contributed by atoms with Gasteiger partial charge in [-0.05, 0) is 32.6 Å². The van der Waals surface area contributed by atoms with Crippen molar-refractivity contribution in [1.29, 1.82) is 0 Å². The minimum Gasteiger partial charge on any atom is -0.353 e. The molecule has 2 atom stereocenters. The lowest BCUT2D eigenvalue weighted by atomic mass is 9.95. The van der Waals surface area contributed by atoms with Gasteiger partial charge in [-0.3, -0.25) is 0 Å². The maximum absolute atomic E-state index is 5.98. The first-order valence-corrected chi connectivity index (χ1v) is 6.22. The van der Waals surface area contributed by atoms with Crippen LogP contribution >= 0.6 is 11.6 Å². The molecule has 0 aromatic carbocycles. The van der Waals surface area contributed by atoms with Crippen molar-refractivity contribution in [1.82, 2.24) is 9.97 Å². The fraction of sp³-hybridized carbons (Fsp3) is 0.667. The van der Waals surface area contributed by atoms with Gasteiger partial charge < -0.3 is 4.90 Å². The molecule has 16 heavy (non-hydrogen) atoms. The van der Waals surface area contributed by atoms with Gasteiger partial charge in [0.2, 0.25) is 0 Å². The van der Waals surface area contributed by atoms with Crippen LogP contribution in [0.2, 0.25) is 5.15 Å². The molecule has 0 spiro atoms. The first-order valence-electron chi connectivity index (χ1n) is 5.84. The van der Waals surface area contributed by atoms with E-state index < -0.39 is 0 Å². The smallest absolute Gasteiger partial charge is 0.134 e. The Morgan fingerprint density at radius 1 is 1.31 bits per heavy atom. The van der Waals surface area contributed by atoms with Crippen molar-refractivity contribution in [3.8, 4) is 0 Å². The molecule has 0 saturated carbocycles. The van der Waals surface area contributed by atoms with E-state index >= 15 is 0 Å².